The van der Waals surface area contributed by atoms with Crippen LogP contribution in [0.4, 0.5) is 0 Å². The summed E-state index contributed by atoms with van der Waals surface area (Å²) in [6.45, 7) is 3.93. The van der Waals surface area contributed by atoms with Gasteiger partial charge in [0.05, 0.1) is 27.8 Å². The van der Waals surface area contributed by atoms with Gasteiger partial charge in [0.2, 0.25) is 0 Å². The fourth-order valence-corrected chi connectivity index (χ4v) is 4.32. The van der Waals surface area contributed by atoms with E-state index in [0.29, 0.717) is 10.9 Å². The number of phenols is 1. The summed E-state index contributed by atoms with van der Waals surface area (Å²) in [5.41, 5.74) is 2.89. The predicted octanol–water partition coefficient (Wildman–Crippen LogP) is 6.11. The first-order valence-corrected chi connectivity index (χ1v) is 9.89. The van der Waals surface area contributed by atoms with E-state index in [1.807, 2.05) is 23.6 Å². The Balaban J connectivity index is 2.39. The SMILES string of the molecule is CCOC(=O)c1c(C)n(-c2ccc(Br)c(Br)c2Br)c2ccc(O)cc12. The maximum absolute atomic E-state index is 12.5. The number of phenolic OH excluding ortho intramolecular Hbond substituents is 1. The van der Waals surface area contributed by atoms with Gasteiger partial charge in [-0.1, -0.05) is 0 Å². The first-order chi connectivity index (χ1) is 11.9. The van der Waals surface area contributed by atoms with E-state index in [4.69, 9.17) is 4.74 Å². The average Bonchev–Trinajstić information content (AvgIpc) is 2.84. The fourth-order valence-electron chi connectivity index (χ4n) is 2.87. The van der Waals surface area contributed by atoms with Crippen molar-refractivity contribution in [3.05, 3.63) is 55.0 Å². The topological polar surface area (TPSA) is 51.5 Å². The van der Waals surface area contributed by atoms with Crippen molar-refractivity contribution >= 4 is 64.7 Å². The maximum atomic E-state index is 12.5. The lowest BCUT2D eigenvalue weighted by Crippen LogP contribution is -2.07. The number of benzene rings is 2. The van der Waals surface area contributed by atoms with E-state index in [-0.39, 0.29) is 12.4 Å². The fraction of sp³-hybridized carbons (Fsp3) is 0.167. The third-order valence-corrected chi connectivity index (χ3v) is 7.27. The molecule has 0 aliphatic rings. The molecule has 0 aliphatic heterocycles. The zero-order chi connectivity index (χ0) is 18.3. The summed E-state index contributed by atoms with van der Waals surface area (Å²) < 4.78 is 9.84. The molecule has 1 aromatic heterocycles. The molecule has 0 amide bonds. The summed E-state index contributed by atoms with van der Waals surface area (Å²) >= 11 is 10.7. The van der Waals surface area contributed by atoms with Crippen LogP contribution in [0.2, 0.25) is 0 Å². The molecule has 3 aromatic rings. The van der Waals surface area contributed by atoms with Crippen LogP contribution < -0.4 is 0 Å². The number of halogens is 3. The van der Waals surface area contributed by atoms with Crippen molar-refractivity contribution in [1.29, 1.82) is 0 Å². The molecule has 1 N–H and O–H groups in total. The molecule has 3 rings (SSSR count). The molecule has 130 valence electrons. The molecule has 2 aromatic carbocycles. The lowest BCUT2D eigenvalue weighted by molar-refractivity contribution is 0.0527. The lowest BCUT2D eigenvalue weighted by Gasteiger charge is -2.13. The van der Waals surface area contributed by atoms with Crippen LogP contribution in [0.15, 0.2) is 43.7 Å². The second-order valence-corrected chi connectivity index (χ2v) is 7.85. The number of carbonyl (C=O) groups excluding carboxylic acids is 1. The van der Waals surface area contributed by atoms with Crippen molar-refractivity contribution in [3.8, 4) is 11.4 Å². The summed E-state index contributed by atoms with van der Waals surface area (Å²) in [5.74, 6) is -0.298. The standard InChI is InChI=1S/C18H14Br3NO3/c1-3-25-18(24)15-9(2)22(13-6-4-10(23)8-11(13)15)14-7-5-12(19)16(20)17(14)21/h4-8,23H,3H2,1-2H3. The molecule has 0 fully saturated rings. The summed E-state index contributed by atoms with van der Waals surface area (Å²) in [6, 6.07) is 8.87. The molecule has 25 heavy (non-hydrogen) atoms. The number of esters is 1. The Morgan fingerprint density at radius 1 is 1.16 bits per heavy atom. The van der Waals surface area contributed by atoms with Crippen LogP contribution in [0, 0.1) is 6.92 Å². The molecule has 1 heterocycles. The minimum Gasteiger partial charge on any atom is -0.508 e. The van der Waals surface area contributed by atoms with Gasteiger partial charge in [-0.2, -0.15) is 0 Å². The van der Waals surface area contributed by atoms with Gasteiger partial charge >= 0.3 is 5.97 Å². The van der Waals surface area contributed by atoms with Gasteiger partial charge in [-0.3, -0.25) is 0 Å². The Morgan fingerprint density at radius 3 is 2.56 bits per heavy atom. The van der Waals surface area contributed by atoms with Gasteiger partial charge in [0.1, 0.15) is 5.75 Å². The van der Waals surface area contributed by atoms with E-state index in [9.17, 15) is 9.90 Å². The third kappa shape index (κ3) is 3.13. The number of aromatic nitrogens is 1. The van der Waals surface area contributed by atoms with Gasteiger partial charge in [0.25, 0.3) is 0 Å². The number of rotatable bonds is 3. The van der Waals surface area contributed by atoms with E-state index in [0.717, 1.165) is 30.3 Å². The summed E-state index contributed by atoms with van der Waals surface area (Å²) in [5, 5.41) is 10.5. The molecule has 4 nitrogen and oxygen atoms in total. The van der Waals surface area contributed by atoms with Crippen molar-refractivity contribution in [2.24, 2.45) is 0 Å². The monoisotopic (exact) mass is 529 g/mol. The molecule has 0 saturated heterocycles. The molecular weight excluding hydrogens is 518 g/mol. The van der Waals surface area contributed by atoms with Crippen LogP contribution in [0.25, 0.3) is 16.6 Å². The van der Waals surface area contributed by atoms with Crippen LogP contribution in [0.3, 0.4) is 0 Å². The molecule has 0 radical (unpaired) electrons. The second kappa shape index (κ2) is 7.13. The zero-order valence-electron chi connectivity index (χ0n) is 13.4. The highest BCUT2D eigenvalue weighted by Gasteiger charge is 2.23. The Labute approximate surface area is 170 Å². The number of ether oxygens (including phenoxy) is 1. The van der Waals surface area contributed by atoms with Gasteiger partial charge < -0.3 is 14.4 Å². The number of nitrogens with zero attached hydrogens (tertiary/aromatic N) is 1. The van der Waals surface area contributed by atoms with E-state index < -0.39 is 5.97 Å². The minimum absolute atomic E-state index is 0.103. The molecule has 0 spiro atoms. The average molecular weight is 532 g/mol. The second-order valence-electron chi connectivity index (χ2n) is 5.41. The number of carbonyl (C=O) groups is 1. The maximum Gasteiger partial charge on any atom is 0.340 e. The summed E-state index contributed by atoms with van der Waals surface area (Å²) in [7, 11) is 0. The van der Waals surface area contributed by atoms with E-state index in [2.05, 4.69) is 47.8 Å². The molecule has 7 heteroatoms. The Morgan fingerprint density at radius 2 is 1.88 bits per heavy atom. The van der Waals surface area contributed by atoms with E-state index in [1.54, 1.807) is 25.1 Å². The van der Waals surface area contributed by atoms with Gasteiger partial charge in [-0.25, -0.2) is 4.79 Å². The largest absolute Gasteiger partial charge is 0.508 e. The number of hydrogen-bond acceptors (Lipinski definition) is 3. The van der Waals surface area contributed by atoms with Crippen LogP contribution in [0.5, 0.6) is 5.75 Å². The normalized spacial score (nSPS) is 11.1. The summed E-state index contributed by atoms with van der Waals surface area (Å²) in [6.07, 6.45) is 0. The molecule has 0 saturated carbocycles. The lowest BCUT2D eigenvalue weighted by atomic mass is 10.1. The highest BCUT2D eigenvalue weighted by Crippen LogP contribution is 2.39. The number of fused-ring (bicyclic) bond motifs is 1. The van der Waals surface area contributed by atoms with Crippen molar-refractivity contribution < 1.29 is 14.6 Å². The van der Waals surface area contributed by atoms with Gasteiger partial charge in [0, 0.05) is 20.0 Å². The minimum atomic E-state index is -0.401. The van der Waals surface area contributed by atoms with E-state index in [1.165, 1.54) is 0 Å². The first-order valence-electron chi connectivity index (χ1n) is 7.51. The predicted molar refractivity (Wildman–Crippen MR) is 109 cm³/mol. The van der Waals surface area contributed by atoms with Gasteiger partial charge in [-0.15, -0.1) is 0 Å². The number of aromatic hydroxyl groups is 1. The Hall–Kier alpha value is -1.31. The van der Waals surface area contributed by atoms with E-state index >= 15 is 0 Å². The first kappa shape index (κ1) is 18.5. The molecule has 0 bridgehead atoms. The van der Waals surface area contributed by atoms with Crippen molar-refractivity contribution in [1.82, 2.24) is 4.57 Å². The molecule has 0 atom stereocenters. The van der Waals surface area contributed by atoms with Crippen molar-refractivity contribution in [2.75, 3.05) is 6.61 Å². The quantitative estimate of drug-likeness (QED) is 0.328. The summed E-state index contributed by atoms with van der Waals surface area (Å²) in [4.78, 5) is 12.5. The van der Waals surface area contributed by atoms with Crippen molar-refractivity contribution in [2.45, 2.75) is 13.8 Å². The Bertz CT molecular complexity index is 995. The van der Waals surface area contributed by atoms with Crippen LogP contribution in [-0.2, 0) is 4.74 Å². The molecule has 0 aliphatic carbocycles. The number of hydrogen-bond donors (Lipinski definition) is 1. The van der Waals surface area contributed by atoms with Gasteiger partial charge in [-0.05, 0) is 92.0 Å². The zero-order valence-corrected chi connectivity index (χ0v) is 18.2. The van der Waals surface area contributed by atoms with Crippen LogP contribution >= 0.6 is 47.8 Å². The molecule has 0 unspecified atom stereocenters. The molecular formula is C18H14Br3NO3. The van der Waals surface area contributed by atoms with Crippen molar-refractivity contribution in [3.63, 3.8) is 0 Å². The highest BCUT2D eigenvalue weighted by molar-refractivity contribution is 9.14. The third-order valence-electron chi connectivity index (χ3n) is 3.92. The van der Waals surface area contributed by atoms with Crippen LogP contribution in [-0.4, -0.2) is 22.2 Å². The smallest absolute Gasteiger partial charge is 0.340 e. The highest BCUT2D eigenvalue weighted by atomic mass is 79.9. The van der Waals surface area contributed by atoms with Crippen LogP contribution in [0.1, 0.15) is 23.0 Å². The van der Waals surface area contributed by atoms with Gasteiger partial charge in [0.15, 0.2) is 0 Å². The Kier molecular flexibility index (Phi) is 5.27.